The van der Waals surface area contributed by atoms with Gasteiger partial charge in [-0.25, -0.2) is 0 Å². The van der Waals surface area contributed by atoms with E-state index in [9.17, 15) is 4.79 Å². The van der Waals surface area contributed by atoms with Crippen LogP contribution in [0.4, 0.5) is 0 Å². The third-order valence-electron chi connectivity index (χ3n) is 4.03. The molecule has 1 heterocycles. The predicted molar refractivity (Wildman–Crippen MR) is 97.0 cm³/mol. The third kappa shape index (κ3) is 4.14. The number of aliphatic hydroxyl groups excluding tert-OH is 1. The van der Waals surface area contributed by atoms with Crippen molar-refractivity contribution in [2.75, 3.05) is 6.54 Å². The maximum absolute atomic E-state index is 12.5. The molecule has 0 radical (unpaired) electrons. The van der Waals surface area contributed by atoms with E-state index >= 15 is 0 Å². The van der Waals surface area contributed by atoms with Crippen molar-refractivity contribution in [3.05, 3.63) is 77.5 Å². The van der Waals surface area contributed by atoms with E-state index in [0.29, 0.717) is 17.8 Å². The molecule has 0 bridgehead atoms. The zero-order valence-corrected chi connectivity index (χ0v) is 14.1. The van der Waals surface area contributed by atoms with Gasteiger partial charge < -0.3 is 10.4 Å². The minimum atomic E-state index is -0.126. The van der Waals surface area contributed by atoms with Gasteiger partial charge in [-0.15, -0.1) is 0 Å². The number of nitrogens with zero attached hydrogens (tertiary/aromatic N) is 2. The quantitative estimate of drug-likeness (QED) is 0.727. The highest BCUT2D eigenvalue weighted by Gasteiger charge is 2.16. The second-order valence-corrected chi connectivity index (χ2v) is 5.91. The monoisotopic (exact) mass is 335 g/mol. The molecular weight excluding hydrogens is 314 g/mol. The zero-order chi connectivity index (χ0) is 17.6. The summed E-state index contributed by atoms with van der Waals surface area (Å²) < 4.78 is 1.66. The summed E-state index contributed by atoms with van der Waals surface area (Å²) in [6.45, 7) is 0.584. The minimum Gasteiger partial charge on any atom is -0.392 e. The van der Waals surface area contributed by atoms with Gasteiger partial charge in [0.1, 0.15) is 5.69 Å². The van der Waals surface area contributed by atoms with Crippen LogP contribution in [-0.2, 0) is 20.1 Å². The van der Waals surface area contributed by atoms with E-state index in [1.807, 2.05) is 61.6 Å². The molecule has 0 atom stereocenters. The molecular formula is C20H21N3O2. The van der Waals surface area contributed by atoms with Gasteiger partial charge in [0.25, 0.3) is 5.91 Å². The molecule has 0 fully saturated rings. The lowest BCUT2D eigenvalue weighted by molar-refractivity contribution is 0.0954. The van der Waals surface area contributed by atoms with Crippen LogP contribution in [-0.4, -0.2) is 27.3 Å². The van der Waals surface area contributed by atoms with Gasteiger partial charge in [-0.1, -0.05) is 54.6 Å². The fourth-order valence-corrected chi connectivity index (χ4v) is 2.69. The Kier molecular flexibility index (Phi) is 5.26. The van der Waals surface area contributed by atoms with E-state index in [1.165, 1.54) is 0 Å². The SMILES string of the molecule is Cn1cc(C(=O)NCCc2ccc(CO)cc2)c(-c2ccccc2)n1. The first-order chi connectivity index (χ1) is 12.2. The van der Waals surface area contributed by atoms with E-state index in [2.05, 4.69) is 10.4 Å². The van der Waals surface area contributed by atoms with E-state index < -0.39 is 0 Å². The number of aliphatic hydroxyl groups is 1. The highest BCUT2D eigenvalue weighted by Crippen LogP contribution is 2.21. The molecule has 3 rings (SSSR count). The fourth-order valence-electron chi connectivity index (χ4n) is 2.69. The molecule has 0 unspecified atom stereocenters. The Hall–Kier alpha value is -2.92. The number of hydrogen-bond acceptors (Lipinski definition) is 3. The largest absolute Gasteiger partial charge is 0.392 e. The van der Waals surface area contributed by atoms with Gasteiger partial charge >= 0.3 is 0 Å². The second-order valence-electron chi connectivity index (χ2n) is 5.91. The molecule has 128 valence electrons. The van der Waals surface area contributed by atoms with Crippen molar-refractivity contribution in [3.63, 3.8) is 0 Å². The lowest BCUT2D eigenvalue weighted by Gasteiger charge is -2.06. The Labute approximate surface area is 146 Å². The van der Waals surface area contributed by atoms with Crippen LogP contribution in [0.15, 0.2) is 60.8 Å². The molecule has 2 aromatic carbocycles. The Balaban J connectivity index is 1.65. The standard InChI is InChI=1S/C20H21N3O2/c1-23-13-18(19(22-23)17-5-3-2-4-6-17)20(25)21-12-11-15-7-9-16(14-24)10-8-15/h2-10,13,24H,11-12,14H2,1H3,(H,21,25). The van der Waals surface area contributed by atoms with Gasteiger partial charge in [0, 0.05) is 25.4 Å². The molecule has 0 saturated heterocycles. The van der Waals surface area contributed by atoms with Gasteiger partial charge in [0.2, 0.25) is 0 Å². The van der Waals surface area contributed by atoms with Crippen LogP contribution in [0.25, 0.3) is 11.3 Å². The number of nitrogens with one attached hydrogen (secondary N) is 1. The highest BCUT2D eigenvalue weighted by atomic mass is 16.3. The van der Waals surface area contributed by atoms with Crippen LogP contribution >= 0.6 is 0 Å². The summed E-state index contributed by atoms with van der Waals surface area (Å²) in [5.74, 6) is -0.126. The lowest BCUT2D eigenvalue weighted by Crippen LogP contribution is -2.25. The molecule has 0 saturated carbocycles. The third-order valence-corrected chi connectivity index (χ3v) is 4.03. The van der Waals surface area contributed by atoms with Gasteiger partial charge in [-0.3, -0.25) is 9.48 Å². The van der Waals surface area contributed by atoms with Gasteiger partial charge in [0.05, 0.1) is 12.2 Å². The van der Waals surface area contributed by atoms with E-state index in [4.69, 9.17) is 5.11 Å². The summed E-state index contributed by atoms with van der Waals surface area (Å²) >= 11 is 0. The second kappa shape index (κ2) is 7.77. The van der Waals surface area contributed by atoms with Crippen molar-refractivity contribution < 1.29 is 9.90 Å². The van der Waals surface area contributed by atoms with Crippen molar-refractivity contribution >= 4 is 5.91 Å². The average Bonchev–Trinajstić information content (AvgIpc) is 3.05. The molecule has 0 aliphatic rings. The molecule has 2 N–H and O–H groups in total. The Morgan fingerprint density at radius 1 is 1.08 bits per heavy atom. The topological polar surface area (TPSA) is 67.2 Å². The number of amides is 1. The molecule has 5 heteroatoms. The molecule has 1 aromatic heterocycles. The maximum Gasteiger partial charge on any atom is 0.255 e. The highest BCUT2D eigenvalue weighted by molar-refractivity contribution is 5.99. The summed E-state index contributed by atoms with van der Waals surface area (Å²) in [7, 11) is 1.81. The van der Waals surface area contributed by atoms with E-state index in [-0.39, 0.29) is 12.5 Å². The van der Waals surface area contributed by atoms with Crippen LogP contribution in [0, 0.1) is 0 Å². The first-order valence-electron chi connectivity index (χ1n) is 8.23. The van der Waals surface area contributed by atoms with Crippen LogP contribution in [0.3, 0.4) is 0 Å². The smallest absolute Gasteiger partial charge is 0.255 e. The average molecular weight is 335 g/mol. The van der Waals surface area contributed by atoms with Crippen molar-refractivity contribution in [1.82, 2.24) is 15.1 Å². The molecule has 0 aliphatic carbocycles. The molecule has 1 amide bonds. The first kappa shape index (κ1) is 16.9. The van der Waals surface area contributed by atoms with E-state index in [1.54, 1.807) is 10.9 Å². The molecule has 0 aliphatic heterocycles. The summed E-state index contributed by atoms with van der Waals surface area (Å²) in [5.41, 5.74) is 4.19. The first-order valence-corrected chi connectivity index (χ1v) is 8.23. The van der Waals surface area contributed by atoms with Crippen LogP contribution in [0.5, 0.6) is 0 Å². The Morgan fingerprint density at radius 2 is 1.76 bits per heavy atom. The predicted octanol–water partition coefficient (Wildman–Crippen LogP) is 2.55. The van der Waals surface area contributed by atoms with Crippen LogP contribution in [0.2, 0.25) is 0 Å². The number of carbonyl (C=O) groups excluding carboxylic acids is 1. The normalized spacial score (nSPS) is 10.6. The summed E-state index contributed by atoms with van der Waals surface area (Å²) in [5, 5.41) is 16.4. The summed E-state index contributed by atoms with van der Waals surface area (Å²) in [4.78, 5) is 12.5. The van der Waals surface area contributed by atoms with Crippen LogP contribution in [0.1, 0.15) is 21.5 Å². The fraction of sp³-hybridized carbons (Fsp3) is 0.200. The number of carbonyl (C=O) groups is 1. The zero-order valence-electron chi connectivity index (χ0n) is 14.1. The van der Waals surface area contributed by atoms with Crippen molar-refractivity contribution in [2.24, 2.45) is 7.05 Å². The van der Waals surface area contributed by atoms with Crippen molar-refractivity contribution in [3.8, 4) is 11.3 Å². The lowest BCUT2D eigenvalue weighted by atomic mass is 10.1. The van der Waals surface area contributed by atoms with Crippen molar-refractivity contribution in [2.45, 2.75) is 13.0 Å². The maximum atomic E-state index is 12.5. The van der Waals surface area contributed by atoms with Crippen molar-refractivity contribution in [1.29, 1.82) is 0 Å². The Bertz CT molecular complexity index is 839. The van der Waals surface area contributed by atoms with Gasteiger partial charge in [-0.05, 0) is 17.5 Å². The molecule has 25 heavy (non-hydrogen) atoms. The molecule has 5 nitrogen and oxygen atoms in total. The number of aromatic nitrogens is 2. The number of rotatable bonds is 6. The number of benzene rings is 2. The number of hydrogen-bond donors (Lipinski definition) is 2. The molecule has 3 aromatic rings. The minimum absolute atomic E-state index is 0.0420. The summed E-state index contributed by atoms with van der Waals surface area (Å²) in [6, 6.07) is 17.4. The number of aryl methyl sites for hydroxylation is 1. The molecule has 0 spiro atoms. The Morgan fingerprint density at radius 3 is 2.44 bits per heavy atom. The van der Waals surface area contributed by atoms with Crippen LogP contribution < -0.4 is 5.32 Å². The van der Waals surface area contributed by atoms with Gasteiger partial charge in [0.15, 0.2) is 0 Å². The summed E-state index contributed by atoms with van der Waals surface area (Å²) in [6.07, 6.45) is 2.48. The van der Waals surface area contributed by atoms with E-state index in [0.717, 1.165) is 23.1 Å². The van der Waals surface area contributed by atoms with Gasteiger partial charge in [-0.2, -0.15) is 5.10 Å².